The van der Waals surface area contributed by atoms with Crippen LogP contribution < -0.4 is 5.32 Å². The molecule has 1 amide bonds. The molecule has 3 rings (SSSR count). The normalized spacial score (nSPS) is 10.5. The SMILES string of the molecule is O=C(Cc1ccccc1F)NCc1noc(-c2ccccc2)n1. The van der Waals surface area contributed by atoms with Gasteiger partial charge < -0.3 is 9.84 Å². The van der Waals surface area contributed by atoms with Gasteiger partial charge in [0.25, 0.3) is 5.89 Å². The van der Waals surface area contributed by atoms with Crippen LogP contribution in [-0.4, -0.2) is 16.0 Å². The smallest absolute Gasteiger partial charge is 0.257 e. The molecule has 0 spiro atoms. The van der Waals surface area contributed by atoms with Crippen molar-refractivity contribution in [2.24, 2.45) is 0 Å². The molecule has 6 heteroatoms. The lowest BCUT2D eigenvalue weighted by Gasteiger charge is -2.03. The Morgan fingerprint density at radius 2 is 1.83 bits per heavy atom. The van der Waals surface area contributed by atoms with Crippen LogP contribution in [0.1, 0.15) is 11.4 Å². The number of nitrogens with zero attached hydrogens (tertiary/aromatic N) is 2. The minimum atomic E-state index is -0.395. The summed E-state index contributed by atoms with van der Waals surface area (Å²) in [5.74, 6) is 0.0597. The maximum absolute atomic E-state index is 13.5. The zero-order chi connectivity index (χ0) is 16.1. The molecule has 0 saturated carbocycles. The van der Waals surface area contributed by atoms with Crippen molar-refractivity contribution >= 4 is 5.91 Å². The fourth-order valence-corrected chi connectivity index (χ4v) is 2.08. The van der Waals surface area contributed by atoms with Crippen molar-refractivity contribution in [3.63, 3.8) is 0 Å². The fraction of sp³-hybridized carbons (Fsp3) is 0.118. The van der Waals surface area contributed by atoms with Crippen molar-refractivity contribution < 1.29 is 13.7 Å². The second-order valence-corrected chi connectivity index (χ2v) is 4.93. The van der Waals surface area contributed by atoms with Crippen LogP contribution in [0.5, 0.6) is 0 Å². The van der Waals surface area contributed by atoms with Gasteiger partial charge in [0.05, 0.1) is 13.0 Å². The summed E-state index contributed by atoms with van der Waals surface area (Å²) in [5.41, 5.74) is 1.16. The van der Waals surface area contributed by atoms with Crippen LogP contribution in [0.3, 0.4) is 0 Å². The summed E-state index contributed by atoms with van der Waals surface area (Å²) in [4.78, 5) is 16.1. The molecule has 116 valence electrons. The zero-order valence-corrected chi connectivity index (χ0v) is 12.2. The van der Waals surface area contributed by atoms with Gasteiger partial charge in [-0.3, -0.25) is 4.79 Å². The number of benzene rings is 2. The van der Waals surface area contributed by atoms with E-state index >= 15 is 0 Å². The van der Waals surface area contributed by atoms with Crippen molar-refractivity contribution in [2.75, 3.05) is 0 Å². The number of rotatable bonds is 5. The number of aromatic nitrogens is 2. The standard InChI is InChI=1S/C17H14FN3O2/c18-14-9-5-4-8-13(14)10-16(22)19-11-15-20-17(23-21-15)12-6-2-1-3-7-12/h1-9H,10-11H2,(H,19,22). The third-order valence-electron chi connectivity index (χ3n) is 3.24. The molecule has 1 N–H and O–H groups in total. The largest absolute Gasteiger partial charge is 0.348 e. The first kappa shape index (κ1) is 14.9. The predicted molar refractivity (Wildman–Crippen MR) is 81.7 cm³/mol. The number of nitrogens with one attached hydrogen (secondary N) is 1. The second kappa shape index (κ2) is 6.83. The van der Waals surface area contributed by atoms with E-state index in [1.54, 1.807) is 18.2 Å². The summed E-state index contributed by atoms with van der Waals surface area (Å²) >= 11 is 0. The van der Waals surface area contributed by atoms with Crippen LogP contribution >= 0.6 is 0 Å². The highest BCUT2D eigenvalue weighted by atomic mass is 19.1. The van der Waals surface area contributed by atoms with Gasteiger partial charge in [-0.1, -0.05) is 41.6 Å². The number of hydrogen-bond donors (Lipinski definition) is 1. The van der Waals surface area contributed by atoms with Crippen molar-refractivity contribution in [2.45, 2.75) is 13.0 Å². The molecule has 0 unspecified atom stereocenters. The first-order valence-corrected chi connectivity index (χ1v) is 7.10. The molecule has 2 aromatic carbocycles. The summed E-state index contributed by atoms with van der Waals surface area (Å²) in [6.07, 6.45) is -0.0317. The molecule has 0 saturated heterocycles. The molecule has 3 aromatic rings. The molecule has 0 fully saturated rings. The Hall–Kier alpha value is -3.02. The van der Waals surface area contributed by atoms with Crippen molar-refractivity contribution in [3.8, 4) is 11.5 Å². The Kier molecular flexibility index (Phi) is 4.42. The summed E-state index contributed by atoms with van der Waals surface area (Å²) in [5, 5.41) is 6.46. The van der Waals surface area contributed by atoms with E-state index in [2.05, 4.69) is 15.5 Å². The highest BCUT2D eigenvalue weighted by molar-refractivity contribution is 5.78. The average molecular weight is 311 g/mol. The molecule has 0 atom stereocenters. The van der Waals surface area contributed by atoms with E-state index in [4.69, 9.17) is 4.52 Å². The van der Waals surface area contributed by atoms with Crippen LogP contribution in [-0.2, 0) is 17.8 Å². The monoisotopic (exact) mass is 311 g/mol. The van der Waals surface area contributed by atoms with Crippen molar-refractivity contribution in [1.29, 1.82) is 0 Å². The molecule has 1 heterocycles. The van der Waals surface area contributed by atoms with Crippen LogP contribution in [0.4, 0.5) is 4.39 Å². The fourth-order valence-electron chi connectivity index (χ4n) is 2.08. The lowest BCUT2D eigenvalue weighted by molar-refractivity contribution is -0.120. The lowest BCUT2D eigenvalue weighted by atomic mass is 10.1. The highest BCUT2D eigenvalue weighted by Crippen LogP contribution is 2.15. The van der Waals surface area contributed by atoms with Crippen LogP contribution in [0.15, 0.2) is 59.1 Å². The Morgan fingerprint density at radius 3 is 2.61 bits per heavy atom. The molecule has 0 radical (unpaired) electrons. The highest BCUT2D eigenvalue weighted by Gasteiger charge is 2.11. The number of carbonyl (C=O) groups excluding carboxylic acids is 1. The van der Waals surface area contributed by atoms with Gasteiger partial charge in [-0.25, -0.2) is 4.39 Å². The van der Waals surface area contributed by atoms with Crippen molar-refractivity contribution in [3.05, 3.63) is 71.8 Å². The van der Waals surface area contributed by atoms with E-state index in [1.165, 1.54) is 6.07 Å². The maximum Gasteiger partial charge on any atom is 0.257 e. The van der Waals surface area contributed by atoms with E-state index in [0.29, 0.717) is 17.3 Å². The molecular weight excluding hydrogens is 297 g/mol. The molecule has 5 nitrogen and oxygen atoms in total. The first-order valence-electron chi connectivity index (χ1n) is 7.10. The van der Waals surface area contributed by atoms with Gasteiger partial charge in [0.2, 0.25) is 5.91 Å². The molecular formula is C17H14FN3O2. The third kappa shape index (κ3) is 3.79. The van der Waals surface area contributed by atoms with Gasteiger partial charge in [0, 0.05) is 5.56 Å². The predicted octanol–water partition coefficient (Wildman–Crippen LogP) is 2.73. The number of amides is 1. The summed E-state index contributed by atoms with van der Waals surface area (Å²) in [6.45, 7) is 0.129. The summed E-state index contributed by atoms with van der Waals surface area (Å²) in [6, 6.07) is 15.5. The van der Waals surface area contributed by atoms with Gasteiger partial charge in [0.1, 0.15) is 5.82 Å². The van der Waals surface area contributed by atoms with Gasteiger partial charge >= 0.3 is 0 Å². The number of hydrogen-bond acceptors (Lipinski definition) is 4. The van der Waals surface area contributed by atoms with E-state index in [0.717, 1.165) is 5.56 Å². The number of halogens is 1. The van der Waals surface area contributed by atoms with Crippen LogP contribution in [0.2, 0.25) is 0 Å². The summed E-state index contributed by atoms with van der Waals surface area (Å²) in [7, 11) is 0. The topological polar surface area (TPSA) is 68.0 Å². The first-order chi connectivity index (χ1) is 11.2. The molecule has 0 aliphatic carbocycles. The van der Waals surface area contributed by atoms with E-state index in [1.807, 2.05) is 30.3 Å². The van der Waals surface area contributed by atoms with Crippen LogP contribution in [0, 0.1) is 5.82 Å². The Labute approximate surface area is 132 Å². The minimum absolute atomic E-state index is 0.0317. The van der Waals surface area contributed by atoms with E-state index in [-0.39, 0.29) is 18.9 Å². The van der Waals surface area contributed by atoms with Gasteiger partial charge in [-0.15, -0.1) is 0 Å². The van der Waals surface area contributed by atoms with Crippen molar-refractivity contribution in [1.82, 2.24) is 15.5 Å². The van der Waals surface area contributed by atoms with Gasteiger partial charge in [-0.05, 0) is 23.8 Å². The summed E-state index contributed by atoms with van der Waals surface area (Å²) < 4.78 is 18.6. The molecule has 0 bridgehead atoms. The Bertz CT molecular complexity index is 802. The Balaban J connectivity index is 1.58. The minimum Gasteiger partial charge on any atom is -0.348 e. The second-order valence-electron chi connectivity index (χ2n) is 4.93. The number of carbonyl (C=O) groups is 1. The molecule has 23 heavy (non-hydrogen) atoms. The molecule has 0 aliphatic rings. The maximum atomic E-state index is 13.5. The zero-order valence-electron chi connectivity index (χ0n) is 12.2. The van der Waals surface area contributed by atoms with Gasteiger partial charge in [0.15, 0.2) is 5.82 Å². The van der Waals surface area contributed by atoms with Gasteiger partial charge in [-0.2, -0.15) is 4.98 Å². The lowest BCUT2D eigenvalue weighted by Crippen LogP contribution is -2.25. The molecule has 1 aromatic heterocycles. The molecule has 0 aliphatic heterocycles. The average Bonchev–Trinajstić information content (AvgIpc) is 3.05. The van der Waals surface area contributed by atoms with Crippen LogP contribution in [0.25, 0.3) is 11.5 Å². The van der Waals surface area contributed by atoms with E-state index < -0.39 is 5.82 Å². The Morgan fingerprint density at radius 1 is 1.09 bits per heavy atom. The third-order valence-corrected chi connectivity index (χ3v) is 3.24. The quantitative estimate of drug-likeness (QED) is 0.786. The van der Waals surface area contributed by atoms with E-state index in [9.17, 15) is 9.18 Å².